The summed E-state index contributed by atoms with van der Waals surface area (Å²) < 4.78 is 1.87. The van der Waals surface area contributed by atoms with Crippen molar-refractivity contribution in [2.75, 3.05) is 19.7 Å². The lowest BCUT2D eigenvalue weighted by atomic mass is 10.1. The Morgan fingerprint density at radius 1 is 1.13 bits per heavy atom. The number of likely N-dealkylation sites (tertiary alicyclic amines) is 1. The molecule has 0 aliphatic carbocycles. The van der Waals surface area contributed by atoms with Crippen LogP contribution in [0.3, 0.4) is 0 Å². The summed E-state index contributed by atoms with van der Waals surface area (Å²) in [7, 11) is 0. The van der Waals surface area contributed by atoms with Crippen molar-refractivity contribution < 1.29 is 15.1 Å². The minimum Gasteiger partial charge on any atom is -0.395 e. The number of carbonyl (C=O) groups is 1. The Balaban J connectivity index is 1.42. The van der Waals surface area contributed by atoms with Crippen LogP contribution in [0.2, 0.25) is 0 Å². The Labute approximate surface area is 174 Å². The van der Waals surface area contributed by atoms with Crippen LogP contribution in [-0.2, 0) is 6.42 Å². The van der Waals surface area contributed by atoms with Crippen LogP contribution in [0.5, 0.6) is 0 Å². The molecular weight excluding hydrogens is 382 g/mol. The van der Waals surface area contributed by atoms with Gasteiger partial charge in [-0.05, 0) is 30.5 Å². The average Bonchev–Trinajstić information content (AvgIpc) is 3.45. The Bertz CT molecular complexity index is 974. The van der Waals surface area contributed by atoms with Gasteiger partial charge in [0.25, 0.3) is 5.91 Å². The molecule has 2 heterocycles. The van der Waals surface area contributed by atoms with Crippen molar-refractivity contribution in [3.05, 3.63) is 71.9 Å². The SMILES string of the molecule is O=C(NO)c1ccc(-c2cn([C@H]3C[C@@H](CO)N(CCc4ccccc4)C3)nn2)cc1. The fourth-order valence-corrected chi connectivity index (χ4v) is 3.97. The quantitative estimate of drug-likeness (QED) is 0.408. The zero-order valence-electron chi connectivity index (χ0n) is 16.6. The van der Waals surface area contributed by atoms with Gasteiger partial charge in [0.1, 0.15) is 5.69 Å². The lowest BCUT2D eigenvalue weighted by Crippen LogP contribution is -2.34. The van der Waals surface area contributed by atoms with E-state index in [0.29, 0.717) is 11.3 Å². The number of benzene rings is 2. The number of amides is 1. The first-order valence-electron chi connectivity index (χ1n) is 10.0. The van der Waals surface area contributed by atoms with Crippen LogP contribution < -0.4 is 5.48 Å². The van der Waals surface area contributed by atoms with E-state index >= 15 is 0 Å². The highest BCUT2D eigenvalue weighted by Crippen LogP contribution is 2.28. The Kier molecular flexibility index (Phi) is 6.18. The minimum absolute atomic E-state index is 0.114. The molecule has 0 radical (unpaired) electrons. The number of aliphatic hydroxyl groups is 1. The van der Waals surface area contributed by atoms with Crippen LogP contribution >= 0.6 is 0 Å². The number of hydrogen-bond donors (Lipinski definition) is 3. The Morgan fingerprint density at radius 2 is 1.90 bits per heavy atom. The third kappa shape index (κ3) is 4.40. The van der Waals surface area contributed by atoms with Gasteiger partial charge in [0.2, 0.25) is 0 Å². The molecule has 0 saturated carbocycles. The van der Waals surface area contributed by atoms with E-state index in [1.54, 1.807) is 29.7 Å². The normalized spacial score (nSPS) is 19.1. The first-order chi connectivity index (χ1) is 14.7. The van der Waals surface area contributed by atoms with E-state index < -0.39 is 5.91 Å². The molecule has 3 N–H and O–H groups in total. The van der Waals surface area contributed by atoms with E-state index in [0.717, 1.165) is 31.5 Å². The summed E-state index contributed by atoms with van der Waals surface area (Å²) in [5.74, 6) is -0.554. The van der Waals surface area contributed by atoms with Crippen molar-refractivity contribution in [1.82, 2.24) is 25.4 Å². The fourth-order valence-electron chi connectivity index (χ4n) is 3.97. The lowest BCUT2D eigenvalue weighted by molar-refractivity contribution is 0.0706. The van der Waals surface area contributed by atoms with Gasteiger partial charge >= 0.3 is 0 Å². The number of rotatable bonds is 7. The van der Waals surface area contributed by atoms with Crippen LogP contribution in [0, 0.1) is 0 Å². The summed E-state index contributed by atoms with van der Waals surface area (Å²) in [4.78, 5) is 13.8. The Morgan fingerprint density at radius 3 is 2.60 bits per heavy atom. The molecule has 0 spiro atoms. The largest absolute Gasteiger partial charge is 0.395 e. The molecule has 0 unspecified atom stereocenters. The van der Waals surface area contributed by atoms with Crippen molar-refractivity contribution in [3.8, 4) is 11.3 Å². The molecule has 8 heteroatoms. The molecule has 4 rings (SSSR count). The molecular formula is C22H25N5O3. The Hall–Kier alpha value is -3.07. The molecule has 3 aromatic rings. The van der Waals surface area contributed by atoms with Gasteiger partial charge in [-0.3, -0.25) is 14.9 Å². The maximum Gasteiger partial charge on any atom is 0.274 e. The van der Waals surface area contributed by atoms with Gasteiger partial charge in [-0.25, -0.2) is 10.2 Å². The summed E-state index contributed by atoms with van der Waals surface area (Å²) in [5, 5.41) is 27.1. The second-order valence-electron chi connectivity index (χ2n) is 7.56. The van der Waals surface area contributed by atoms with Crippen molar-refractivity contribution in [1.29, 1.82) is 0 Å². The van der Waals surface area contributed by atoms with E-state index in [9.17, 15) is 9.90 Å². The molecule has 8 nitrogen and oxygen atoms in total. The van der Waals surface area contributed by atoms with Crippen LogP contribution in [-0.4, -0.2) is 61.9 Å². The predicted octanol–water partition coefficient (Wildman–Crippen LogP) is 1.91. The molecule has 156 valence electrons. The number of nitrogens with zero attached hydrogens (tertiary/aromatic N) is 4. The van der Waals surface area contributed by atoms with Crippen molar-refractivity contribution >= 4 is 5.91 Å². The standard InChI is InChI=1S/C22H25N5O3/c28-15-20-12-19(13-26(20)11-10-16-4-2-1-3-5-16)27-14-21(23-25-27)17-6-8-18(9-7-17)22(29)24-30/h1-9,14,19-20,28,30H,10-13,15H2,(H,24,29)/t19-,20-/m0/s1. The highest BCUT2D eigenvalue weighted by atomic mass is 16.5. The van der Waals surface area contributed by atoms with Crippen molar-refractivity contribution in [2.45, 2.75) is 24.9 Å². The summed E-state index contributed by atoms with van der Waals surface area (Å²) >= 11 is 0. The van der Waals surface area contributed by atoms with Gasteiger partial charge in [-0.15, -0.1) is 5.10 Å². The molecule has 1 aliphatic rings. The second kappa shape index (κ2) is 9.17. The number of carbonyl (C=O) groups excluding carboxylic acids is 1. The van der Waals surface area contributed by atoms with Crippen molar-refractivity contribution in [3.63, 3.8) is 0 Å². The molecule has 1 aliphatic heterocycles. The number of aliphatic hydroxyl groups excluding tert-OH is 1. The van der Waals surface area contributed by atoms with Gasteiger partial charge in [0.15, 0.2) is 0 Å². The van der Waals surface area contributed by atoms with E-state index in [-0.39, 0.29) is 18.7 Å². The first-order valence-corrected chi connectivity index (χ1v) is 10.0. The van der Waals surface area contributed by atoms with E-state index in [2.05, 4.69) is 27.3 Å². The number of hydrogen-bond acceptors (Lipinski definition) is 6. The van der Waals surface area contributed by atoms with Gasteiger partial charge in [-0.1, -0.05) is 47.7 Å². The van der Waals surface area contributed by atoms with Gasteiger partial charge in [0, 0.05) is 30.3 Å². The zero-order chi connectivity index (χ0) is 20.9. The zero-order valence-corrected chi connectivity index (χ0v) is 16.6. The molecule has 2 aromatic carbocycles. The smallest absolute Gasteiger partial charge is 0.274 e. The van der Waals surface area contributed by atoms with Crippen LogP contribution in [0.15, 0.2) is 60.8 Å². The molecule has 1 saturated heterocycles. The molecule has 30 heavy (non-hydrogen) atoms. The van der Waals surface area contributed by atoms with E-state index in [1.807, 2.05) is 29.1 Å². The first kappa shape index (κ1) is 20.2. The number of hydroxylamine groups is 1. The number of nitrogens with one attached hydrogen (secondary N) is 1. The molecule has 1 fully saturated rings. The summed E-state index contributed by atoms with van der Waals surface area (Å²) in [6.45, 7) is 1.83. The topological polar surface area (TPSA) is 104 Å². The van der Waals surface area contributed by atoms with Crippen molar-refractivity contribution in [2.24, 2.45) is 0 Å². The fraction of sp³-hybridized carbons (Fsp3) is 0.318. The van der Waals surface area contributed by atoms with Gasteiger partial charge < -0.3 is 5.11 Å². The third-order valence-corrected chi connectivity index (χ3v) is 5.68. The number of aromatic nitrogens is 3. The lowest BCUT2D eigenvalue weighted by Gasteiger charge is -2.22. The van der Waals surface area contributed by atoms with Crippen LogP contribution in [0.25, 0.3) is 11.3 Å². The predicted molar refractivity (Wildman–Crippen MR) is 111 cm³/mol. The molecule has 2 atom stereocenters. The third-order valence-electron chi connectivity index (χ3n) is 5.68. The molecule has 1 aromatic heterocycles. The van der Waals surface area contributed by atoms with Gasteiger partial charge in [-0.2, -0.15) is 0 Å². The summed E-state index contributed by atoms with van der Waals surface area (Å²) in [6, 6.07) is 17.4. The van der Waals surface area contributed by atoms with E-state index in [4.69, 9.17) is 5.21 Å². The molecule has 0 bridgehead atoms. The van der Waals surface area contributed by atoms with Crippen LogP contribution in [0.4, 0.5) is 0 Å². The maximum atomic E-state index is 11.5. The highest BCUT2D eigenvalue weighted by molar-refractivity contribution is 5.93. The summed E-state index contributed by atoms with van der Waals surface area (Å²) in [5.41, 5.74) is 4.83. The van der Waals surface area contributed by atoms with Crippen LogP contribution in [0.1, 0.15) is 28.4 Å². The molecule has 1 amide bonds. The maximum absolute atomic E-state index is 11.5. The van der Waals surface area contributed by atoms with E-state index in [1.165, 1.54) is 5.56 Å². The monoisotopic (exact) mass is 407 g/mol. The average molecular weight is 407 g/mol. The second-order valence-corrected chi connectivity index (χ2v) is 7.56. The summed E-state index contributed by atoms with van der Waals surface area (Å²) in [6.07, 6.45) is 3.67. The van der Waals surface area contributed by atoms with Gasteiger partial charge in [0.05, 0.1) is 18.8 Å². The highest BCUT2D eigenvalue weighted by Gasteiger charge is 2.33. The minimum atomic E-state index is -0.554.